The molecule has 3 heterocycles. The Kier molecular flexibility index (Phi) is 6.43. The smallest absolute Gasteiger partial charge is 0.271 e. The number of hydrogen-bond acceptors (Lipinski definition) is 5. The van der Waals surface area contributed by atoms with Crippen molar-refractivity contribution in [2.75, 3.05) is 13.1 Å². The van der Waals surface area contributed by atoms with Crippen LogP contribution in [-0.4, -0.2) is 64.1 Å². The number of aliphatic hydroxyl groups is 1. The third-order valence-corrected chi connectivity index (χ3v) is 8.05. The molecule has 0 bridgehead atoms. The maximum Gasteiger partial charge on any atom is 0.271 e. The van der Waals surface area contributed by atoms with Gasteiger partial charge >= 0.3 is 0 Å². The Labute approximate surface area is 212 Å². The van der Waals surface area contributed by atoms with Crippen LogP contribution in [0.2, 0.25) is 5.02 Å². The van der Waals surface area contributed by atoms with Crippen molar-refractivity contribution >= 4 is 34.3 Å². The van der Waals surface area contributed by atoms with Crippen LogP contribution in [0.25, 0.3) is 10.9 Å². The number of nitriles is 1. The van der Waals surface area contributed by atoms with Gasteiger partial charge in [0.1, 0.15) is 24.0 Å². The fourth-order valence-corrected chi connectivity index (χ4v) is 6.32. The first-order chi connectivity index (χ1) is 17.1. The molecule has 2 saturated heterocycles. The van der Waals surface area contributed by atoms with Crippen LogP contribution < -0.4 is 10.6 Å². The number of amides is 2. The van der Waals surface area contributed by atoms with E-state index in [1.54, 1.807) is 24.3 Å². The van der Waals surface area contributed by atoms with Crippen molar-refractivity contribution in [2.45, 2.75) is 62.8 Å². The normalized spacial score (nSPS) is 27.4. The Balaban J connectivity index is 1.36. The van der Waals surface area contributed by atoms with Gasteiger partial charge in [0.05, 0.1) is 16.6 Å². The molecule has 3 aliphatic rings. The molecule has 2 aromatic rings. The molecule has 3 fully saturated rings. The minimum atomic E-state index is -2.81. The SMILES string of the molecule is N#CC(CC1CCCNC1O)NC(=O)C1CC2(CN1C(=O)c1cc3cccc(Cl)c3[nH]1)CC(F)(F)C2. The number of carbonyl (C=O) groups excluding carboxylic acids is 2. The number of fused-ring (bicyclic) bond motifs is 1. The van der Waals surface area contributed by atoms with Crippen molar-refractivity contribution in [3.63, 3.8) is 0 Å². The van der Waals surface area contributed by atoms with Crippen molar-refractivity contribution in [3.8, 4) is 6.07 Å². The van der Waals surface area contributed by atoms with E-state index in [-0.39, 0.29) is 43.8 Å². The van der Waals surface area contributed by atoms with E-state index in [1.807, 2.05) is 0 Å². The topological polar surface area (TPSA) is 121 Å². The van der Waals surface area contributed by atoms with Gasteiger partial charge in [-0.1, -0.05) is 23.7 Å². The summed E-state index contributed by atoms with van der Waals surface area (Å²) in [5.74, 6) is -4.03. The Hall–Kier alpha value is -2.74. The second kappa shape index (κ2) is 9.29. The van der Waals surface area contributed by atoms with Gasteiger partial charge < -0.3 is 20.3 Å². The number of hydrogen-bond donors (Lipinski definition) is 4. The summed E-state index contributed by atoms with van der Waals surface area (Å²) in [6.45, 7) is 0.719. The number of piperidine rings is 1. The number of aliphatic hydroxyl groups excluding tert-OH is 1. The highest BCUT2D eigenvalue weighted by Gasteiger charge is 2.62. The third-order valence-electron chi connectivity index (χ3n) is 7.74. The predicted octanol–water partition coefficient (Wildman–Crippen LogP) is 3.17. The highest BCUT2D eigenvalue weighted by Crippen LogP contribution is 2.58. The first kappa shape index (κ1) is 24.9. The van der Waals surface area contributed by atoms with E-state index in [1.165, 1.54) is 4.90 Å². The summed E-state index contributed by atoms with van der Waals surface area (Å²) < 4.78 is 27.7. The fourth-order valence-electron chi connectivity index (χ4n) is 6.09. The summed E-state index contributed by atoms with van der Waals surface area (Å²) in [5, 5.41) is 26.6. The highest BCUT2D eigenvalue weighted by atomic mass is 35.5. The first-order valence-electron chi connectivity index (χ1n) is 12.2. The Morgan fingerprint density at radius 2 is 2.14 bits per heavy atom. The van der Waals surface area contributed by atoms with E-state index < -0.39 is 41.5 Å². The predicted molar refractivity (Wildman–Crippen MR) is 128 cm³/mol. The fraction of sp³-hybridized carbons (Fsp3) is 0.560. The van der Waals surface area contributed by atoms with Crippen molar-refractivity contribution in [1.82, 2.24) is 20.5 Å². The zero-order valence-corrected chi connectivity index (χ0v) is 20.3. The molecule has 4 atom stereocenters. The summed E-state index contributed by atoms with van der Waals surface area (Å²) in [6.07, 6.45) is 0.404. The number of aromatic nitrogens is 1. The summed E-state index contributed by atoms with van der Waals surface area (Å²) >= 11 is 6.23. The van der Waals surface area contributed by atoms with Crippen molar-refractivity contribution in [3.05, 3.63) is 35.0 Å². The molecule has 2 amide bonds. The molecule has 1 aromatic carbocycles. The largest absolute Gasteiger partial charge is 0.378 e. The number of nitrogens with one attached hydrogen (secondary N) is 3. The molecule has 4 N–H and O–H groups in total. The number of para-hydroxylation sites is 1. The molecule has 4 unspecified atom stereocenters. The minimum Gasteiger partial charge on any atom is -0.378 e. The number of carbonyl (C=O) groups is 2. The Morgan fingerprint density at radius 3 is 2.81 bits per heavy atom. The summed E-state index contributed by atoms with van der Waals surface area (Å²) in [4.78, 5) is 31.2. The van der Waals surface area contributed by atoms with Crippen LogP contribution >= 0.6 is 11.6 Å². The number of likely N-dealkylation sites (tertiary alicyclic amines) is 1. The minimum absolute atomic E-state index is 0.0328. The Morgan fingerprint density at radius 1 is 1.36 bits per heavy atom. The number of halogens is 3. The lowest BCUT2D eigenvalue weighted by atomic mass is 9.65. The van der Waals surface area contributed by atoms with Crippen LogP contribution in [0, 0.1) is 22.7 Å². The van der Waals surface area contributed by atoms with Crippen LogP contribution in [0.15, 0.2) is 24.3 Å². The molecule has 5 rings (SSSR count). The lowest BCUT2D eigenvalue weighted by molar-refractivity contribution is -0.155. The van der Waals surface area contributed by atoms with Gasteiger partial charge in [-0.3, -0.25) is 14.9 Å². The van der Waals surface area contributed by atoms with Crippen molar-refractivity contribution < 1.29 is 23.5 Å². The van der Waals surface area contributed by atoms with Crippen molar-refractivity contribution in [1.29, 1.82) is 5.26 Å². The van der Waals surface area contributed by atoms with E-state index in [2.05, 4.69) is 21.7 Å². The zero-order chi connectivity index (χ0) is 25.7. The molecule has 11 heteroatoms. The molecule has 1 aromatic heterocycles. The molecule has 1 saturated carbocycles. The van der Waals surface area contributed by atoms with Gasteiger partial charge in [-0.15, -0.1) is 0 Å². The molecule has 2 aliphatic heterocycles. The number of benzene rings is 1. The van der Waals surface area contributed by atoms with E-state index in [9.17, 15) is 28.7 Å². The van der Waals surface area contributed by atoms with Crippen LogP contribution in [0.5, 0.6) is 0 Å². The molecule has 1 spiro atoms. The van der Waals surface area contributed by atoms with Gasteiger partial charge in [-0.05, 0) is 44.4 Å². The van der Waals surface area contributed by atoms with Gasteiger partial charge in [-0.25, -0.2) is 8.78 Å². The summed E-state index contributed by atoms with van der Waals surface area (Å²) in [6, 6.07) is 7.08. The van der Waals surface area contributed by atoms with Crippen LogP contribution in [0.4, 0.5) is 8.78 Å². The maximum atomic E-state index is 13.9. The lowest BCUT2D eigenvalue weighted by Crippen LogP contribution is -2.50. The number of H-pyrrole nitrogens is 1. The average molecular weight is 520 g/mol. The van der Waals surface area contributed by atoms with Crippen LogP contribution in [0.3, 0.4) is 0 Å². The molecule has 1 aliphatic carbocycles. The second-order valence-electron chi connectivity index (χ2n) is 10.5. The summed E-state index contributed by atoms with van der Waals surface area (Å²) in [5.41, 5.74) is -0.0414. The average Bonchev–Trinajstić information content (AvgIpc) is 3.42. The van der Waals surface area contributed by atoms with E-state index in [0.717, 1.165) is 18.2 Å². The zero-order valence-electron chi connectivity index (χ0n) is 19.6. The molecular formula is C25H28ClF2N5O3. The van der Waals surface area contributed by atoms with Crippen molar-refractivity contribution in [2.24, 2.45) is 11.3 Å². The number of nitrogens with zero attached hydrogens (tertiary/aromatic N) is 2. The highest BCUT2D eigenvalue weighted by molar-refractivity contribution is 6.35. The standard InChI is InChI=1S/C25H28ClF2N5O3/c26-17-5-1-3-14-8-18(32-20(14)17)23(36)33-13-24(11-25(27,28)12-24)9-19(33)22(35)31-16(10-29)7-15-4-2-6-30-21(15)34/h1,3,5,8,15-16,19,21,30,32,34H,2,4,6-7,9,11-13H2,(H,31,35). The quantitative estimate of drug-likeness (QED) is 0.483. The number of alkyl halides is 2. The molecule has 8 nitrogen and oxygen atoms in total. The monoisotopic (exact) mass is 519 g/mol. The molecule has 36 heavy (non-hydrogen) atoms. The summed E-state index contributed by atoms with van der Waals surface area (Å²) in [7, 11) is 0. The van der Waals surface area contributed by atoms with E-state index >= 15 is 0 Å². The third kappa shape index (κ3) is 4.67. The molecule has 0 radical (unpaired) electrons. The molecular weight excluding hydrogens is 492 g/mol. The van der Waals surface area contributed by atoms with Crippen LogP contribution in [0.1, 0.15) is 49.0 Å². The van der Waals surface area contributed by atoms with Gasteiger partial charge in [0.15, 0.2) is 0 Å². The van der Waals surface area contributed by atoms with E-state index in [0.29, 0.717) is 17.1 Å². The van der Waals surface area contributed by atoms with Gasteiger partial charge in [0.2, 0.25) is 11.8 Å². The van der Waals surface area contributed by atoms with Gasteiger partial charge in [0, 0.05) is 36.1 Å². The maximum absolute atomic E-state index is 13.9. The number of aromatic amines is 1. The first-order valence-corrected chi connectivity index (χ1v) is 12.6. The van der Waals surface area contributed by atoms with Gasteiger partial charge in [-0.2, -0.15) is 5.26 Å². The van der Waals surface area contributed by atoms with Crippen LogP contribution in [-0.2, 0) is 4.79 Å². The lowest BCUT2D eigenvalue weighted by Gasteiger charge is -2.44. The second-order valence-corrected chi connectivity index (χ2v) is 10.9. The van der Waals surface area contributed by atoms with Gasteiger partial charge in [0.25, 0.3) is 5.91 Å². The number of rotatable bonds is 5. The van der Waals surface area contributed by atoms with E-state index in [4.69, 9.17) is 11.6 Å². The Bertz CT molecular complexity index is 1220. The molecule has 192 valence electrons.